The van der Waals surface area contributed by atoms with Crippen LogP contribution in [-0.4, -0.2) is 37.9 Å². The predicted octanol–water partition coefficient (Wildman–Crippen LogP) is 0.592. The predicted molar refractivity (Wildman–Crippen MR) is 85.5 cm³/mol. The van der Waals surface area contributed by atoms with Crippen LogP contribution in [0.15, 0.2) is 35.7 Å². The average molecular weight is 300 g/mol. The number of amides is 1. The van der Waals surface area contributed by atoms with Crippen LogP contribution in [0.1, 0.15) is 13.3 Å². The van der Waals surface area contributed by atoms with Gasteiger partial charge in [-0.2, -0.15) is 0 Å². The molecule has 6 heteroatoms. The van der Waals surface area contributed by atoms with Crippen molar-refractivity contribution in [3.05, 3.63) is 35.7 Å². The number of para-hydroxylation sites is 2. The highest BCUT2D eigenvalue weighted by atomic mass is 16.2. The number of carbonyl (C=O) groups is 2. The summed E-state index contributed by atoms with van der Waals surface area (Å²) in [5, 5.41) is 3.27. The highest BCUT2D eigenvalue weighted by Crippen LogP contribution is 2.44. The molecule has 0 radical (unpaired) electrons. The number of hydrogen-bond acceptors (Lipinski definition) is 5. The molecule has 3 rings (SSSR count). The molecule has 0 unspecified atom stereocenters. The molecule has 1 aromatic carbocycles. The van der Waals surface area contributed by atoms with E-state index in [1.165, 1.54) is 0 Å². The van der Waals surface area contributed by atoms with Crippen molar-refractivity contribution in [1.82, 2.24) is 5.32 Å². The van der Waals surface area contributed by atoms with Crippen LogP contribution < -0.4 is 20.9 Å². The fourth-order valence-electron chi connectivity index (χ4n) is 3.10. The summed E-state index contributed by atoms with van der Waals surface area (Å²) >= 11 is 0. The summed E-state index contributed by atoms with van der Waals surface area (Å²) in [6.45, 7) is 4.95. The van der Waals surface area contributed by atoms with E-state index in [1.807, 2.05) is 41.0 Å². The molecule has 0 spiro atoms. The van der Waals surface area contributed by atoms with Gasteiger partial charge in [0.15, 0.2) is 5.78 Å². The van der Waals surface area contributed by atoms with E-state index < -0.39 is 5.91 Å². The molecule has 2 aliphatic heterocycles. The average Bonchev–Trinajstić information content (AvgIpc) is 2.81. The van der Waals surface area contributed by atoms with Gasteiger partial charge in [-0.15, -0.1) is 0 Å². The van der Waals surface area contributed by atoms with Gasteiger partial charge in [-0.1, -0.05) is 19.1 Å². The standard InChI is InChI=1S/C16H20N4O2/c1-2-18-8-10-20-12-6-4-3-5-11(12)19-9-7-13(21)14(15(17)22)16(19)20/h3-6,18H,2,7-10H2,1H3,(H2,17,22). The highest BCUT2D eigenvalue weighted by Gasteiger charge is 2.39. The van der Waals surface area contributed by atoms with Crippen LogP contribution in [0.5, 0.6) is 0 Å². The molecule has 1 amide bonds. The Balaban J connectivity index is 2.09. The topological polar surface area (TPSA) is 78.7 Å². The van der Waals surface area contributed by atoms with Gasteiger partial charge in [-0.05, 0) is 18.7 Å². The van der Waals surface area contributed by atoms with E-state index in [-0.39, 0.29) is 11.4 Å². The van der Waals surface area contributed by atoms with Crippen molar-refractivity contribution in [1.29, 1.82) is 0 Å². The number of primary amides is 1. The fraction of sp³-hybridized carbons (Fsp3) is 0.375. The van der Waals surface area contributed by atoms with Crippen LogP contribution in [0.3, 0.4) is 0 Å². The molecule has 0 atom stereocenters. The number of carbonyl (C=O) groups excluding carboxylic acids is 2. The van der Waals surface area contributed by atoms with Crippen LogP contribution in [0.4, 0.5) is 11.4 Å². The lowest BCUT2D eigenvalue weighted by atomic mass is 10.0. The van der Waals surface area contributed by atoms with Crippen molar-refractivity contribution in [3.63, 3.8) is 0 Å². The van der Waals surface area contributed by atoms with Crippen LogP contribution >= 0.6 is 0 Å². The lowest BCUT2D eigenvalue weighted by molar-refractivity contribution is -0.121. The molecular weight excluding hydrogens is 280 g/mol. The van der Waals surface area contributed by atoms with Gasteiger partial charge in [0.25, 0.3) is 5.91 Å². The second kappa shape index (κ2) is 5.81. The maximum atomic E-state index is 12.2. The minimum atomic E-state index is -0.647. The second-order valence-electron chi connectivity index (χ2n) is 5.38. The van der Waals surface area contributed by atoms with Crippen LogP contribution in [-0.2, 0) is 9.59 Å². The number of nitrogens with two attached hydrogens (primary N) is 1. The summed E-state index contributed by atoms with van der Waals surface area (Å²) in [6, 6.07) is 7.95. The smallest absolute Gasteiger partial charge is 0.256 e. The number of rotatable bonds is 5. The van der Waals surface area contributed by atoms with Crippen molar-refractivity contribution in [3.8, 4) is 0 Å². The molecule has 0 fully saturated rings. The van der Waals surface area contributed by atoms with Crippen molar-refractivity contribution >= 4 is 23.1 Å². The van der Waals surface area contributed by atoms with Crippen molar-refractivity contribution < 1.29 is 9.59 Å². The Kier molecular flexibility index (Phi) is 3.85. The highest BCUT2D eigenvalue weighted by molar-refractivity contribution is 6.21. The number of likely N-dealkylation sites (N-methyl/N-ethyl adjacent to an activating group) is 1. The number of Topliss-reactive ketones (excluding diaryl/α,β-unsaturated/α-hetero) is 1. The first-order valence-corrected chi connectivity index (χ1v) is 7.57. The minimum Gasteiger partial charge on any atom is -0.365 e. The zero-order valence-electron chi connectivity index (χ0n) is 12.6. The number of nitrogens with zero attached hydrogens (tertiary/aromatic N) is 2. The lowest BCUT2D eigenvalue weighted by Crippen LogP contribution is -2.42. The zero-order chi connectivity index (χ0) is 15.7. The van der Waals surface area contributed by atoms with E-state index >= 15 is 0 Å². The first kappa shape index (κ1) is 14.6. The first-order chi connectivity index (χ1) is 10.6. The molecular formula is C16H20N4O2. The van der Waals surface area contributed by atoms with E-state index in [0.29, 0.717) is 25.3 Å². The quantitative estimate of drug-likeness (QED) is 0.615. The summed E-state index contributed by atoms with van der Waals surface area (Å²) in [5.74, 6) is -0.172. The molecule has 6 nitrogen and oxygen atoms in total. The maximum Gasteiger partial charge on any atom is 0.256 e. The van der Waals surface area contributed by atoms with E-state index in [9.17, 15) is 9.59 Å². The van der Waals surface area contributed by atoms with E-state index in [1.54, 1.807) is 0 Å². The monoisotopic (exact) mass is 300 g/mol. The zero-order valence-corrected chi connectivity index (χ0v) is 12.6. The third kappa shape index (κ3) is 2.25. The van der Waals surface area contributed by atoms with Crippen LogP contribution in [0.2, 0.25) is 0 Å². The van der Waals surface area contributed by atoms with E-state index in [4.69, 9.17) is 5.73 Å². The van der Waals surface area contributed by atoms with Gasteiger partial charge >= 0.3 is 0 Å². The Morgan fingerprint density at radius 1 is 1.32 bits per heavy atom. The normalized spacial score (nSPS) is 16.9. The number of nitrogens with one attached hydrogen (secondary N) is 1. The Morgan fingerprint density at radius 3 is 2.73 bits per heavy atom. The van der Waals surface area contributed by atoms with E-state index in [0.717, 1.165) is 24.5 Å². The molecule has 116 valence electrons. The first-order valence-electron chi connectivity index (χ1n) is 7.57. The Morgan fingerprint density at radius 2 is 2.05 bits per heavy atom. The van der Waals surface area contributed by atoms with E-state index in [2.05, 4.69) is 5.32 Å². The Hall–Kier alpha value is -2.34. The SMILES string of the molecule is CCNCCN1C2=C(C(N)=O)C(=O)CCN2c2ccccc21. The Bertz CT molecular complexity index is 653. The molecule has 0 saturated heterocycles. The molecule has 0 aliphatic carbocycles. The second-order valence-corrected chi connectivity index (χ2v) is 5.38. The van der Waals surface area contributed by atoms with Gasteiger partial charge in [-0.25, -0.2) is 0 Å². The summed E-state index contributed by atoms with van der Waals surface area (Å²) in [6.07, 6.45) is 0.317. The lowest BCUT2D eigenvalue weighted by Gasteiger charge is -2.30. The molecule has 0 bridgehead atoms. The van der Waals surface area contributed by atoms with Gasteiger partial charge in [0.2, 0.25) is 0 Å². The van der Waals surface area contributed by atoms with Crippen molar-refractivity contribution in [2.45, 2.75) is 13.3 Å². The molecule has 1 aromatic rings. The summed E-state index contributed by atoms with van der Waals surface area (Å²) in [7, 11) is 0. The fourth-order valence-corrected chi connectivity index (χ4v) is 3.10. The number of ketones is 1. The molecule has 0 saturated carbocycles. The van der Waals surface area contributed by atoms with Crippen LogP contribution in [0, 0.1) is 0 Å². The minimum absolute atomic E-state index is 0.124. The molecule has 2 heterocycles. The Labute approximate surface area is 129 Å². The number of fused-ring (bicyclic) bond motifs is 3. The molecule has 3 N–H and O–H groups in total. The van der Waals surface area contributed by atoms with Crippen molar-refractivity contribution in [2.75, 3.05) is 36.0 Å². The maximum absolute atomic E-state index is 12.2. The third-order valence-corrected chi connectivity index (χ3v) is 4.05. The number of hydrogen-bond donors (Lipinski definition) is 2. The summed E-state index contributed by atoms with van der Waals surface area (Å²) < 4.78 is 0. The molecule has 2 aliphatic rings. The molecule has 22 heavy (non-hydrogen) atoms. The van der Waals surface area contributed by atoms with Gasteiger partial charge in [-0.3, -0.25) is 9.59 Å². The van der Waals surface area contributed by atoms with Crippen LogP contribution in [0.25, 0.3) is 0 Å². The number of benzene rings is 1. The van der Waals surface area contributed by atoms with Gasteiger partial charge < -0.3 is 20.9 Å². The molecule has 0 aromatic heterocycles. The largest absolute Gasteiger partial charge is 0.365 e. The van der Waals surface area contributed by atoms with Gasteiger partial charge in [0, 0.05) is 26.1 Å². The van der Waals surface area contributed by atoms with Crippen molar-refractivity contribution in [2.24, 2.45) is 5.73 Å². The summed E-state index contributed by atoms with van der Waals surface area (Å²) in [5.41, 5.74) is 7.65. The number of anilines is 2. The third-order valence-electron chi connectivity index (χ3n) is 4.05. The van der Waals surface area contributed by atoms with Gasteiger partial charge in [0.05, 0.1) is 11.4 Å². The summed E-state index contributed by atoms with van der Waals surface area (Å²) in [4.78, 5) is 28.0. The van der Waals surface area contributed by atoms with Gasteiger partial charge in [0.1, 0.15) is 11.4 Å².